The van der Waals surface area contributed by atoms with Gasteiger partial charge in [-0.15, -0.1) is 0 Å². The summed E-state index contributed by atoms with van der Waals surface area (Å²) >= 11 is 0. The number of hydrogen-bond acceptors (Lipinski definition) is 5. The number of nitrogens with zero attached hydrogens (tertiary/aromatic N) is 2. The van der Waals surface area contributed by atoms with Crippen LogP contribution in [0.25, 0.3) is 11.0 Å². The van der Waals surface area contributed by atoms with Crippen molar-refractivity contribution in [2.45, 2.75) is 44.4 Å². The summed E-state index contributed by atoms with van der Waals surface area (Å²) in [4.78, 5) is 16.4. The predicted octanol–water partition coefficient (Wildman–Crippen LogP) is 1.28. The van der Waals surface area contributed by atoms with Gasteiger partial charge in [-0.2, -0.15) is 0 Å². The highest BCUT2D eigenvalue weighted by atomic mass is 16.5. The van der Waals surface area contributed by atoms with Crippen LogP contribution in [-0.4, -0.2) is 33.9 Å². The Morgan fingerprint density at radius 2 is 2.13 bits per heavy atom. The standard InChI is InChI=1S/C17H23N3O3/c1-23-13-6-7-14-15(8-13)20(17(22)9-19-14)10-16(21)11-2-4-12(18)5-3-11/h6-9,11-12,16,21H,2-5,10,18H2,1H3/t11?,12?,16-/m1/s1. The third kappa shape index (κ3) is 3.38. The van der Waals surface area contributed by atoms with Crippen LogP contribution in [0.2, 0.25) is 0 Å². The zero-order valence-corrected chi connectivity index (χ0v) is 13.3. The van der Waals surface area contributed by atoms with Crippen molar-refractivity contribution in [1.82, 2.24) is 9.55 Å². The van der Waals surface area contributed by atoms with E-state index in [1.807, 2.05) is 12.1 Å². The summed E-state index contributed by atoms with van der Waals surface area (Å²) in [7, 11) is 1.58. The Labute approximate surface area is 134 Å². The van der Waals surface area contributed by atoms with Crippen molar-refractivity contribution in [1.29, 1.82) is 0 Å². The van der Waals surface area contributed by atoms with Crippen LogP contribution in [0.3, 0.4) is 0 Å². The molecule has 3 rings (SSSR count). The van der Waals surface area contributed by atoms with E-state index in [0.29, 0.717) is 16.8 Å². The average molecular weight is 317 g/mol. The fourth-order valence-electron chi connectivity index (χ4n) is 3.32. The van der Waals surface area contributed by atoms with Crippen LogP contribution in [-0.2, 0) is 6.54 Å². The van der Waals surface area contributed by atoms with Gasteiger partial charge >= 0.3 is 0 Å². The van der Waals surface area contributed by atoms with Crippen LogP contribution in [0.5, 0.6) is 5.75 Å². The Balaban J connectivity index is 1.89. The third-order valence-electron chi connectivity index (χ3n) is 4.78. The number of ether oxygens (including phenoxy) is 1. The largest absolute Gasteiger partial charge is 0.497 e. The van der Waals surface area contributed by atoms with Crippen LogP contribution in [0, 0.1) is 5.92 Å². The zero-order valence-electron chi connectivity index (χ0n) is 13.3. The topological polar surface area (TPSA) is 90.4 Å². The summed E-state index contributed by atoms with van der Waals surface area (Å²) < 4.78 is 6.82. The maximum absolute atomic E-state index is 12.2. The van der Waals surface area contributed by atoms with Crippen molar-refractivity contribution in [3.63, 3.8) is 0 Å². The van der Waals surface area contributed by atoms with Gasteiger partial charge in [0.1, 0.15) is 5.75 Å². The predicted molar refractivity (Wildman–Crippen MR) is 88.5 cm³/mol. The molecule has 1 fully saturated rings. The third-order valence-corrected chi connectivity index (χ3v) is 4.78. The molecule has 23 heavy (non-hydrogen) atoms. The van der Waals surface area contributed by atoms with Gasteiger partial charge in [-0.05, 0) is 43.7 Å². The van der Waals surface area contributed by atoms with Gasteiger partial charge in [0.2, 0.25) is 0 Å². The average Bonchev–Trinajstić information content (AvgIpc) is 2.57. The molecule has 1 atom stereocenters. The van der Waals surface area contributed by atoms with Gasteiger partial charge < -0.3 is 20.1 Å². The van der Waals surface area contributed by atoms with Gasteiger partial charge in [0, 0.05) is 12.1 Å². The van der Waals surface area contributed by atoms with Crippen molar-refractivity contribution >= 4 is 11.0 Å². The summed E-state index contributed by atoms with van der Waals surface area (Å²) in [5.41, 5.74) is 7.11. The second kappa shape index (κ2) is 6.68. The van der Waals surface area contributed by atoms with Crippen molar-refractivity contribution in [2.24, 2.45) is 11.7 Å². The molecule has 0 aliphatic heterocycles. The van der Waals surface area contributed by atoms with E-state index in [-0.39, 0.29) is 24.1 Å². The Bertz CT molecular complexity index is 735. The Hall–Kier alpha value is -1.92. The second-order valence-corrected chi connectivity index (χ2v) is 6.30. The number of hydrogen-bond donors (Lipinski definition) is 2. The Morgan fingerprint density at radius 1 is 1.39 bits per heavy atom. The summed E-state index contributed by atoms with van der Waals surface area (Å²) in [6.45, 7) is 0.269. The molecular weight excluding hydrogens is 294 g/mol. The first-order valence-electron chi connectivity index (χ1n) is 8.05. The van der Waals surface area contributed by atoms with E-state index in [2.05, 4.69) is 4.98 Å². The Morgan fingerprint density at radius 3 is 2.83 bits per heavy atom. The second-order valence-electron chi connectivity index (χ2n) is 6.30. The number of rotatable bonds is 4. The molecule has 6 nitrogen and oxygen atoms in total. The van der Waals surface area contributed by atoms with Crippen LogP contribution in [0.15, 0.2) is 29.2 Å². The molecule has 0 amide bonds. The van der Waals surface area contributed by atoms with E-state index in [1.165, 1.54) is 6.20 Å². The van der Waals surface area contributed by atoms with E-state index in [4.69, 9.17) is 10.5 Å². The smallest absolute Gasteiger partial charge is 0.269 e. The number of fused-ring (bicyclic) bond motifs is 1. The van der Waals surface area contributed by atoms with Crippen LogP contribution < -0.4 is 16.0 Å². The molecule has 1 aromatic carbocycles. The van der Waals surface area contributed by atoms with Gasteiger partial charge in [0.05, 0.1) is 37.0 Å². The lowest BCUT2D eigenvalue weighted by Crippen LogP contribution is -2.36. The molecule has 0 bridgehead atoms. The highest BCUT2D eigenvalue weighted by molar-refractivity contribution is 5.76. The first-order valence-corrected chi connectivity index (χ1v) is 8.05. The van der Waals surface area contributed by atoms with E-state index in [1.54, 1.807) is 17.7 Å². The first kappa shape index (κ1) is 16.0. The van der Waals surface area contributed by atoms with Crippen molar-refractivity contribution in [3.05, 3.63) is 34.7 Å². The van der Waals surface area contributed by atoms with Crippen LogP contribution in [0.1, 0.15) is 25.7 Å². The molecule has 6 heteroatoms. The fraction of sp³-hybridized carbons (Fsp3) is 0.529. The lowest BCUT2D eigenvalue weighted by molar-refractivity contribution is 0.0668. The minimum Gasteiger partial charge on any atom is -0.497 e. The molecule has 124 valence electrons. The highest BCUT2D eigenvalue weighted by Crippen LogP contribution is 2.27. The molecule has 1 aromatic heterocycles. The number of aliphatic hydroxyl groups is 1. The van der Waals surface area contributed by atoms with Gasteiger partial charge in [-0.25, -0.2) is 4.98 Å². The molecule has 0 unspecified atom stereocenters. The van der Waals surface area contributed by atoms with Crippen molar-refractivity contribution < 1.29 is 9.84 Å². The maximum atomic E-state index is 12.2. The molecule has 1 heterocycles. The Kier molecular flexibility index (Phi) is 4.63. The lowest BCUT2D eigenvalue weighted by atomic mass is 9.83. The number of aliphatic hydroxyl groups excluding tert-OH is 1. The fourth-order valence-corrected chi connectivity index (χ4v) is 3.32. The molecule has 0 saturated heterocycles. The van der Waals surface area contributed by atoms with E-state index in [9.17, 15) is 9.90 Å². The minimum atomic E-state index is -0.558. The molecule has 1 aliphatic rings. The molecular formula is C17H23N3O3. The minimum absolute atomic E-state index is 0.190. The maximum Gasteiger partial charge on any atom is 0.269 e. The quantitative estimate of drug-likeness (QED) is 0.886. The van der Waals surface area contributed by atoms with E-state index >= 15 is 0 Å². The van der Waals surface area contributed by atoms with Gasteiger partial charge in [-0.3, -0.25) is 4.79 Å². The van der Waals surface area contributed by atoms with Gasteiger partial charge in [0.25, 0.3) is 5.56 Å². The van der Waals surface area contributed by atoms with Crippen molar-refractivity contribution in [3.8, 4) is 5.75 Å². The monoisotopic (exact) mass is 317 g/mol. The number of nitrogens with two attached hydrogens (primary N) is 1. The lowest BCUT2D eigenvalue weighted by Gasteiger charge is -2.30. The first-order chi connectivity index (χ1) is 11.1. The molecule has 1 aliphatic carbocycles. The SMILES string of the molecule is COc1ccc2ncc(=O)n(C[C@@H](O)C3CCC(N)CC3)c2c1. The van der Waals surface area contributed by atoms with Gasteiger partial charge in [-0.1, -0.05) is 0 Å². The summed E-state index contributed by atoms with van der Waals surface area (Å²) in [6.07, 6.45) is 4.42. The van der Waals surface area contributed by atoms with E-state index < -0.39 is 6.10 Å². The molecule has 0 spiro atoms. The summed E-state index contributed by atoms with van der Waals surface area (Å²) in [5.74, 6) is 0.854. The molecule has 0 radical (unpaired) electrons. The molecule has 3 N–H and O–H groups in total. The van der Waals surface area contributed by atoms with Crippen LogP contribution in [0.4, 0.5) is 0 Å². The van der Waals surface area contributed by atoms with E-state index in [0.717, 1.165) is 25.7 Å². The number of aromatic nitrogens is 2. The summed E-state index contributed by atoms with van der Waals surface area (Å²) in [5, 5.41) is 10.6. The molecule has 2 aromatic rings. The number of methoxy groups -OCH3 is 1. The van der Waals surface area contributed by atoms with Gasteiger partial charge in [0.15, 0.2) is 0 Å². The molecule has 1 saturated carbocycles. The van der Waals surface area contributed by atoms with Crippen molar-refractivity contribution in [2.75, 3.05) is 7.11 Å². The summed E-state index contributed by atoms with van der Waals surface area (Å²) in [6, 6.07) is 5.65. The highest BCUT2D eigenvalue weighted by Gasteiger charge is 2.25. The normalized spacial score (nSPS) is 22.9. The zero-order chi connectivity index (χ0) is 16.4. The number of benzene rings is 1. The van der Waals surface area contributed by atoms with Crippen LogP contribution >= 0.6 is 0 Å².